The molecule has 4 aromatic rings. The van der Waals surface area contributed by atoms with Crippen LogP contribution in [-0.2, 0) is 6.54 Å². The second-order valence-electron chi connectivity index (χ2n) is 8.82. The van der Waals surface area contributed by atoms with Crippen molar-refractivity contribution in [2.45, 2.75) is 52.5 Å². The van der Waals surface area contributed by atoms with Crippen molar-refractivity contribution in [3.63, 3.8) is 0 Å². The molecule has 32 heavy (non-hydrogen) atoms. The van der Waals surface area contributed by atoms with E-state index >= 15 is 0 Å². The number of carbonyl (C=O) groups is 1. The van der Waals surface area contributed by atoms with Gasteiger partial charge in [0.1, 0.15) is 11.3 Å². The number of hydrogen-bond acceptors (Lipinski definition) is 2. The van der Waals surface area contributed by atoms with Gasteiger partial charge in [-0.05, 0) is 58.2 Å². The molecular formula is C28H31N3O. The lowest BCUT2D eigenvalue weighted by atomic mass is 9.96. The summed E-state index contributed by atoms with van der Waals surface area (Å²) in [6.07, 6.45) is 4.96. The molecule has 4 nitrogen and oxygen atoms in total. The average Bonchev–Trinajstić information content (AvgIpc) is 3.26. The number of pyridine rings is 1. The molecule has 0 aliphatic heterocycles. The van der Waals surface area contributed by atoms with E-state index in [1.807, 2.05) is 16.7 Å². The van der Waals surface area contributed by atoms with Gasteiger partial charge in [-0.3, -0.25) is 4.79 Å². The summed E-state index contributed by atoms with van der Waals surface area (Å²) in [4.78, 5) is 17.2. The topological polar surface area (TPSA) is 46.4 Å². The van der Waals surface area contributed by atoms with E-state index in [2.05, 4.69) is 92.6 Å². The lowest BCUT2D eigenvalue weighted by molar-refractivity contribution is 0.0946. The SMILES string of the molecule is CC[C@H](C)c1ccc(-c2ccc3nc(C(=O)NCc4ccc(C(C)C)cc4)cn3c2)cc1. The van der Waals surface area contributed by atoms with Crippen LogP contribution < -0.4 is 5.32 Å². The Balaban J connectivity index is 1.47. The Kier molecular flexibility index (Phi) is 6.40. The van der Waals surface area contributed by atoms with Gasteiger partial charge in [0, 0.05) is 18.9 Å². The highest BCUT2D eigenvalue weighted by atomic mass is 16.1. The Morgan fingerprint density at radius 3 is 2.19 bits per heavy atom. The molecule has 0 radical (unpaired) electrons. The maximum Gasteiger partial charge on any atom is 0.271 e. The van der Waals surface area contributed by atoms with Gasteiger partial charge in [-0.1, -0.05) is 76.2 Å². The lowest BCUT2D eigenvalue weighted by Gasteiger charge is -2.10. The molecule has 0 spiro atoms. The van der Waals surface area contributed by atoms with E-state index in [0.717, 1.165) is 28.8 Å². The summed E-state index contributed by atoms with van der Waals surface area (Å²) in [6, 6.07) is 21.1. The van der Waals surface area contributed by atoms with Gasteiger partial charge >= 0.3 is 0 Å². The molecule has 164 valence electrons. The molecule has 0 saturated carbocycles. The zero-order chi connectivity index (χ0) is 22.7. The summed E-state index contributed by atoms with van der Waals surface area (Å²) >= 11 is 0. The van der Waals surface area contributed by atoms with Crippen LogP contribution in [0.1, 0.15) is 73.1 Å². The highest BCUT2D eigenvalue weighted by Crippen LogP contribution is 2.25. The van der Waals surface area contributed by atoms with Gasteiger partial charge in [0.2, 0.25) is 0 Å². The Hall–Kier alpha value is -3.40. The summed E-state index contributed by atoms with van der Waals surface area (Å²) in [5.74, 6) is 0.898. The Labute approximate surface area is 190 Å². The summed E-state index contributed by atoms with van der Waals surface area (Å²) in [6.45, 7) is 9.29. The first-order valence-electron chi connectivity index (χ1n) is 11.4. The summed E-state index contributed by atoms with van der Waals surface area (Å²) in [5.41, 5.74) is 7.17. The van der Waals surface area contributed by atoms with Crippen LogP contribution in [-0.4, -0.2) is 15.3 Å². The molecule has 4 rings (SSSR count). The van der Waals surface area contributed by atoms with Gasteiger partial charge in [-0.25, -0.2) is 4.98 Å². The van der Waals surface area contributed by atoms with E-state index in [-0.39, 0.29) is 5.91 Å². The second-order valence-corrected chi connectivity index (χ2v) is 8.82. The zero-order valence-corrected chi connectivity index (χ0v) is 19.3. The summed E-state index contributed by atoms with van der Waals surface area (Å²) in [5, 5.41) is 2.98. The minimum Gasteiger partial charge on any atom is -0.347 e. The first-order chi connectivity index (χ1) is 15.4. The molecule has 0 fully saturated rings. The number of rotatable bonds is 7. The van der Waals surface area contributed by atoms with Crippen LogP contribution in [0.15, 0.2) is 73.1 Å². The molecule has 2 aromatic carbocycles. The summed E-state index contributed by atoms with van der Waals surface area (Å²) < 4.78 is 1.92. The van der Waals surface area contributed by atoms with Crippen molar-refractivity contribution < 1.29 is 4.79 Å². The van der Waals surface area contributed by atoms with E-state index in [9.17, 15) is 4.79 Å². The smallest absolute Gasteiger partial charge is 0.271 e. The van der Waals surface area contributed by atoms with Crippen LogP contribution in [0.25, 0.3) is 16.8 Å². The molecule has 1 atom stereocenters. The number of amides is 1. The number of nitrogens with one attached hydrogen (secondary N) is 1. The molecule has 1 N–H and O–H groups in total. The van der Waals surface area contributed by atoms with Crippen LogP contribution in [0, 0.1) is 0 Å². The van der Waals surface area contributed by atoms with Gasteiger partial charge < -0.3 is 9.72 Å². The van der Waals surface area contributed by atoms with Gasteiger partial charge in [0.05, 0.1) is 0 Å². The number of fused-ring (bicyclic) bond motifs is 1. The Bertz CT molecular complexity index is 1200. The molecule has 1 amide bonds. The third kappa shape index (κ3) is 4.75. The zero-order valence-electron chi connectivity index (χ0n) is 19.3. The number of hydrogen-bond donors (Lipinski definition) is 1. The third-order valence-electron chi connectivity index (χ3n) is 6.21. The van der Waals surface area contributed by atoms with Gasteiger partial charge in [-0.15, -0.1) is 0 Å². The molecular weight excluding hydrogens is 394 g/mol. The largest absolute Gasteiger partial charge is 0.347 e. The van der Waals surface area contributed by atoms with E-state index in [1.165, 1.54) is 11.1 Å². The lowest BCUT2D eigenvalue weighted by Crippen LogP contribution is -2.23. The quantitative estimate of drug-likeness (QED) is 0.364. The molecule has 0 bridgehead atoms. The molecule has 2 heterocycles. The van der Waals surface area contributed by atoms with E-state index in [1.54, 1.807) is 6.20 Å². The fraction of sp³-hybridized carbons (Fsp3) is 0.286. The Morgan fingerprint density at radius 1 is 0.875 bits per heavy atom. The van der Waals surface area contributed by atoms with Gasteiger partial charge in [-0.2, -0.15) is 0 Å². The van der Waals surface area contributed by atoms with Crippen LogP contribution in [0.2, 0.25) is 0 Å². The standard InChI is InChI=1S/C28H31N3O/c1-5-20(4)23-10-12-24(13-11-23)25-14-15-27-30-26(18-31(27)17-25)28(32)29-16-21-6-8-22(9-7-21)19(2)3/h6-15,17-20H,5,16H2,1-4H3,(H,29,32)/t20-/m0/s1. The maximum atomic E-state index is 12.7. The van der Waals surface area contributed by atoms with Crippen LogP contribution in [0.5, 0.6) is 0 Å². The fourth-order valence-electron chi connectivity index (χ4n) is 3.81. The van der Waals surface area contributed by atoms with E-state index in [0.29, 0.717) is 24.1 Å². The number of benzene rings is 2. The minimum absolute atomic E-state index is 0.166. The van der Waals surface area contributed by atoms with E-state index < -0.39 is 0 Å². The number of aromatic nitrogens is 2. The van der Waals surface area contributed by atoms with Crippen molar-refractivity contribution in [1.82, 2.24) is 14.7 Å². The Morgan fingerprint density at radius 2 is 1.53 bits per heavy atom. The normalized spacial score (nSPS) is 12.3. The molecule has 0 unspecified atom stereocenters. The number of imidazole rings is 1. The van der Waals surface area contributed by atoms with Crippen molar-refractivity contribution in [3.05, 3.63) is 95.4 Å². The predicted octanol–water partition coefficient (Wildman–Crippen LogP) is 6.57. The molecule has 2 aromatic heterocycles. The molecule has 0 aliphatic carbocycles. The van der Waals surface area contributed by atoms with Crippen LogP contribution in [0.3, 0.4) is 0 Å². The van der Waals surface area contributed by atoms with Crippen molar-refractivity contribution in [1.29, 1.82) is 0 Å². The van der Waals surface area contributed by atoms with Crippen LogP contribution in [0.4, 0.5) is 0 Å². The highest BCUT2D eigenvalue weighted by molar-refractivity contribution is 5.92. The van der Waals surface area contributed by atoms with Crippen molar-refractivity contribution in [3.8, 4) is 11.1 Å². The predicted molar refractivity (Wildman–Crippen MR) is 131 cm³/mol. The van der Waals surface area contributed by atoms with Crippen molar-refractivity contribution in [2.24, 2.45) is 0 Å². The highest BCUT2D eigenvalue weighted by Gasteiger charge is 2.12. The third-order valence-corrected chi connectivity index (χ3v) is 6.21. The molecule has 0 saturated heterocycles. The van der Waals surface area contributed by atoms with Crippen molar-refractivity contribution >= 4 is 11.6 Å². The van der Waals surface area contributed by atoms with E-state index in [4.69, 9.17) is 0 Å². The monoisotopic (exact) mass is 425 g/mol. The van der Waals surface area contributed by atoms with Crippen LogP contribution >= 0.6 is 0 Å². The molecule has 4 heteroatoms. The maximum absolute atomic E-state index is 12.7. The minimum atomic E-state index is -0.166. The van der Waals surface area contributed by atoms with Gasteiger partial charge in [0.15, 0.2) is 0 Å². The summed E-state index contributed by atoms with van der Waals surface area (Å²) in [7, 11) is 0. The van der Waals surface area contributed by atoms with Gasteiger partial charge in [0.25, 0.3) is 5.91 Å². The number of carbonyl (C=O) groups excluding carboxylic acids is 1. The first-order valence-corrected chi connectivity index (χ1v) is 11.4. The first kappa shape index (κ1) is 21.8. The number of nitrogens with zero attached hydrogens (tertiary/aromatic N) is 2. The average molecular weight is 426 g/mol. The molecule has 0 aliphatic rings. The van der Waals surface area contributed by atoms with Crippen molar-refractivity contribution in [2.75, 3.05) is 0 Å². The second kappa shape index (κ2) is 9.39. The fourth-order valence-corrected chi connectivity index (χ4v) is 3.81.